The van der Waals surface area contributed by atoms with E-state index in [0.717, 1.165) is 12.2 Å². The molecule has 5 heteroatoms. The standard InChI is InChI=1S/C7H13N3S2/c1-11-4-6(10-8)2-7-3-9-5-12-7/h3,5-6,10H,2,4,8H2,1H3. The van der Waals surface area contributed by atoms with Gasteiger partial charge < -0.3 is 0 Å². The smallest absolute Gasteiger partial charge is 0.0794 e. The summed E-state index contributed by atoms with van der Waals surface area (Å²) in [5.74, 6) is 6.43. The van der Waals surface area contributed by atoms with Gasteiger partial charge in [-0.3, -0.25) is 16.3 Å². The molecule has 0 bridgehead atoms. The molecule has 12 heavy (non-hydrogen) atoms. The molecule has 0 fully saturated rings. The van der Waals surface area contributed by atoms with Crippen LogP contribution in [0.1, 0.15) is 4.88 Å². The van der Waals surface area contributed by atoms with E-state index in [1.54, 1.807) is 23.1 Å². The van der Waals surface area contributed by atoms with E-state index in [2.05, 4.69) is 16.7 Å². The molecule has 1 rings (SSSR count). The molecule has 0 radical (unpaired) electrons. The highest BCUT2D eigenvalue weighted by atomic mass is 32.2. The second-order valence-electron chi connectivity index (χ2n) is 2.49. The van der Waals surface area contributed by atoms with Crippen molar-refractivity contribution in [3.63, 3.8) is 0 Å². The minimum absolute atomic E-state index is 0.362. The van der Waals surface area contributed by atoms with E-state index >= 15 is 0 Å². The lowest BCUT2D eigenvalue weighted by Gasteiger charge is -2.12. The van der Waals surface area contributed by atoms with E-state index in [-0.39, 0.29) is 0 Å². The van der Waals surface area contributed by atoms with Crippen LogP contribution in [0.15, 0.2) is 11.7 Å². The van der Waals surface area contributed by atoms with Crippen LogP contribution in [0.25, 0.3) is 0 Å². The predicted octanol–water partition coefficient (Wildman–Crippen LogP) is 0.881. The molecule has 0 amide bonds. The van der Waals surface area contributed by atoms with Gasteiger partial charge in [0.25, 0.3) is 0 Å². The average molecular weight is 203 g/mol. The summed E-state index contributed by atoms with van der Waals surface area (Å²) in [6.45, 7) is 0. The fraction of sp³-hybridized carbons (Fsp3) is 0.571. The normalized spacial score (nSPS) is 13.2. The zero-order chi connectivity index (χ0) is 8.81. The van der Waals surface area contributed by atoms with Gasteiger partial charge in [0, 0.05) is 29.3 Å². The minimum atomic E-state index is 0.362. The van der Waals surface area contributed by atoms with Crippen molar-refractivity contribution in [1.82, 2.24) is 10.4 Å². The third-order valence-corrected chi connectivity index (χ3v) is 3.07. The molecule has 1 unspecified atom stereocenters. The summed E-state index contributed by atoms with van der Waals surface area (Å²) in [6.07, 6.45) is 4.95. The highest BCUT2D eigenvalue weighted by Gasteiger charge is 2.07. The van der Waals surface area contributed by atoms with Gasteiger partial charge in [0.15, 0.2) is 0 Å². The average Bonchev–Trinajstić information content (AvgIpc) is 2.56. The van der Waals surface area contributed by atoms with Gasteiger partial charge in [-0.15, -0.1) is 11.3 Å². The lowest BCUT2D eigenvalue weighted by Crippen LogP contribution is -2.38. The van der Waals surface area contributed by atoms with Crippen molar-refractivity contribution in [2.75, 3.05) is 12.0 Å². The van der Waals surface area contributed by atoms with Crippen LogP contribution < -0.4 is 11.3 Å². The van der Waals surface area contributed by atoms with E-state index in [1.165, 1.54) is 4.88 Å². The molecular weight excluding hydrogens is 190 g/mol. The van der Waals surface area contributed by atoms with Crippen LogP contribution in [0.3, 0.4) is 0 Å². The van der Waals surface area contributed by atoms with Crippen LogP contribution in [0.4, 0.5) is 0 Å². The Morgan fingerprint density at radius 3 is 3.17 bits per heavy atom. The first-order valence-corrected chi connectivity index (χ1v) is 5.96. The fourth-order valence-electron chi connectivity index (χ4n) is 0.953. The number of hydrogen-bond acceptors (Lipinski definition) is 5. The van der Waals surface area contributed by atoms with Crippen molar-refractivity contribution in [2.24, 2.45) is 5.84 Å². The maximum atomic E-state index is 5.40. The van der Waals surface area contributed by atoms with Gasteiger partial charge in [0.05, 0.1) is 5.51 Å². The molecule has 68 valence electrons. The topological polar surface area (TPSA) is 50.9 Å². The van der Waals surface area contributed by atoms with Crippen molar-refractivity contribution >= 4 is 23.1 Å². The highest BCUT2D eigenvalue weighted by molar-refractivity contribution is 7.98. The van der Waals surface area contributed by atoms with Gasteiger partial charge in [-0.05, 0) is 6.26 Å². The Labute approximate surface area is 80.7 Å². The van der Waals surface area contributed by atoms with Crippen molar-refractivity contribution in [3.05, 3.63) is 16.6 Å². The van der Waals surface area contributed by atoms with E-state index in [1.807, 2.05) is 11.7 Å². The largest absolute Gasteiger partial charge is 0.271 e. The molecule has 0 aliphatic rings. The van der Waals surface area contributed by atoms with Crippen LogP contribution in [-0.4, -0.2) is 23.0 Å². The number of nitrogens with one attached hydrogen (secondary N) is 1. The third kappa shape index (κ3) is 3.10. The number of nitrogens with zero attached hydrogens (tertiary/aromatic N) is 1. The minimum Gasteiger partial charge on any atom is -0.271 e. The Morgan fingerprint density at radius 1 is 1.83 bits per heavy atom. The summed E-state index contributed by atoms with van der Waals surface area (Å²) in [6, 6.07) is 0.362. The maximum Gasteiger partial charge on any atom is 0.0794 e. The second kappa shape index (κ2) is 5.53. The Bertz CT molecular complexity index is 200. The Morgan fingerprint density at radius 2 is 2.67 bits per heavy atom. The molecule has 3 N–H and O–H groups in total. The number of nitrogens with two attached hydrogens (primary N) is 1. The SMILES string of the molecule is CSCC(Cc1cncs1)NN. The van der Waals surface area contributed by atoms with E-state index in [0.29, 0.717) is 6.04 Å². The first kappa shape index (κ1) is 9.98. The summed E-state index contributed by atoms with van der Waals surface area (Å²) in [4.78, 5) is 5.30. The summed E-state index contributed by atoms with van der Waals surface area (Å²) in [5, 5.41) is 0. The van der Waals surface area contributed by atoms with Crippen LogP contribution in [0.5, 0.6) is 0 Å². The molecule has 1 atom stereocenters. The third-order valence-electron chi connectivity index (χ3n) is 1.53. The maximum absolute atomic E-state index is 5.40. The van der Waals surface area contributed by atoms with Crippen molar-refractivity contribution in [2.45, 2.75) is 12.5 Å². The molecule has 1 aromatic heterocycles. The Kier molecular flexibility index (Phi) is 4.60. The Hall–Kier alpha value is -0.100. The van der Waals surface area contributed by atoms with Crippen LogP contribution in [0.2, 0.25) is 0 Å². The molecule has 0 aromatic carbocycles. The molecule has 3 nitrogen and oxygen atoms in total. The van der Waals surface area contributed by atoms with Gasteiger partial charge in [0.1, 0.15) is 0 Å². The second-order valence-corrected chi connectivity index (χ2v) is 4.37. The quantitative estimate of drug-likeness (QED) is 0.551. The van der Waals surface area contributed by atoms with E-state index in [4.69, 9.17) is 5.84 Å². The molecule has 0 saturated heterocycles. The van der Waals surface area contributed by atoms with Crippen molar-refractivity contribution in [3.8, 4) is 0 Å². The van der Waals surface area contributed by atoms with Gasteiger partial charge in [-0.2, -0.15) is 11.8 Å². The van der Waals surface area contributed by atoms with Crippen molar-refractivity contribution < 1.29 is 0 Å². The summed E-state index contributed by atoms with van der Waals surface area (Å²) < 4.78 is 0. The zero-order valence-corrected chi connectivity index (χ0v) is 8.62. The highest BCUT2D eigenvalue weighted by Crippen LogP contribution is 2.10. The van der Waals surface area contributed by atoms with Crippen LogP contribution in [0, 0.1) is 0 Å². The summed E-state index contributed by atoms with van der Waals surface area (Å²) >= 11 is 3.47. The lowest BCUT2D eigenvalue weighted by molar-refractivity contribution is 0.579. The number of hydrogen-bond donors (Lipinski definition) is 2. The van der Waals surface area contributed by atoms with Gasteiger partial charge in [-0.1, -0.05) is 0 Å². The Balaban J connectivity index is 2.37. The molecular formula is C7H13N3S2. The fourth-order valence-corrected chi connectivity index (χ4v) is 2.25. The van der Waals surface area contributed by atoms with Crippen molar-refractivity contribution in [1.29, 1.82) is 0 Å². The van der Waals surface area contributed by atoms with E-state index in [9.17, 15) is 0 Å². The summed E-state index contributed by atoms with van der Waals surface area (Å²) in [7, 11) is 0. The number of thioether (sulfide) groups is 1. The molecule has 0 spiro atoms. The van der Waals surface area contributed by atoms with Gasteiger partial charge in [-0.25, -0.2) is 0 Å². The zero-order valence-electron chi connectivity index (χ0n) is 6.99. The molecule has 0 aliphatic carbocycles. The first-order chi connectivity index (χ1) is 5.86. The number of thiazole rings is 1. The molecule has 0 saturated carbocycles. The molecule has 0 aliphatic heterocycles. The lowest BCUT2D eigenvalue weighted by atomic mass is 10.2. The van der Waals surface area contributed by atoms with Crippen LogP contribution in [-0.2, 0) is 6.42 Å². The number of hydrazine groups is 1. The predicted molar refractivity (Wildman–Crippen MR) is 55.3 cm³/mol. The first-order valence-electron chi connectivity index (χ1n) is 3.69. The molecule has 1 heterocycles. The summed E-state index contributed by atoms with van der Waals surface area (Å²) in [5.41, 5.74) is 4.65. The van der Waals surface area contributed by atoms with Gasteiger partial charge in [0.2, 0.25) is 0 Å². The van der Waals surface area contributed by atoms with Gasteiger partial charge >= 0.3 is 0 Å². The number of aromatic nitrogens is 1. The van der Waals surface area contributed by atoms with E-state index < -0.39 is 0 Å². The monoisotopic (exact) mass is 203 g/mol. The van der Waals surface area contributed by atoms with Crippen LogP contribution >= 0.6 is 23.1 Å². The molecule has 1 aromatic rings. The number of rotatable bonds is 5.